The van der Waals surface area contributed by atoms with Gasteiger partial charge in [0, 0.05) is 25.7 Å². The Kier molecular flexibility index (Phi) is 2.74. The topological polar surface area (TPSA) is 18.8 Å². The lowest BCUT2D eigenvalue weighted by Gasteiger charge is -2.35. The van der Waals surface area contributed by atoms with E-state index >= 15 is 0 Å². The lowest BCUT2D eigenvalue weighted by atomic mass is 9.93. The summed E-state index contributed by atoms with van der Waals surface area (Å²) in [5.74, 6) is 1.10. The fraction of sp³-hybridized carbons (Fsp3) is 0.278. The molecule has 0 N–H and O–H groups in total. The highest BCUT2D eigenvalue weighted by Crippen LogP contribution is 2.41. The van der Waals surface area contributed by atoms with Gasteiger partial charge in [0.2, 0.25) is 5.96 Å². The molecule has 21 heavy (non-hydrogen) atoms. The zero-order chi connectivity index (χ0) is 14.4. The van der Waals surface area contributed by atoms with Crippen molar-refractivity contribution in [1.29, 1.82) is 0 Å². The van der Waals surface area contributed by atoms with Crippen molar-refractivity contribution in [1.82, 2.24) is 9.80 Å². The van der Waals surface area contributed by atoms with Crippen LogP contribution < -0.4 is 0 Å². The van der Waals surface area contributed by atoms with E-state index in [9.17, 15) is 0 Å². The summed E-state index contributed by atoms with van der Waals surface area (Å²) in [7, 11) is 2.13. The van der Waals surface area contributed by atoms with Crippen molar-refractivity contribution in [2.75, 3.05) is 20.1 Å². The number of benzene rings is 2. The second-order valence-electron chi connectivity index (χ2n) is 5.90. The maximum absolute atomic E-state index is 4.87. The summed E-state index contributed by atoms with van der Waals surface area (Å²) in [6, 6.07) is 17.6. The Bertz CT molecular complexity index is 706. The monoisotopic (exact) mass is 277 g/mol. The van der Waals surface area contributed by atoms with Gasteiger partial charge >= 0.3 is 0 Å². The van der Waals surface area contributed by atoms with Crippen LogP contribution >= 0.6 is 0 Å². The molecule has 0 amide bonds. The smallest absolute Gasteiger partial charge is 0.202 e. The summed E-state index contributed by atoms with van der Waals surface area (Å²) in [6.45, 7) is 4.22. The number of rotatable bonds is 1. The second kappa shape index (κ2) is 4.62. The molecule has 0 saturated carbocycles. The van der Waals surface area contributed by atoms with Gasteiger partial charge < -0.3 is 9.80 Å². The molecule has 2 aromatic carbocycles. The molecule has 0 bridgehead atoms. The van der Waals surface area contributed by atoms with E-state index in [0.717, 1.165) is 24.7 Å². The molecule has 1 atom stereocenters. The third kappa shape index (κ3) is 1.92. The summed E-state index contributed by atoms with van der Waals surface area (Å²) in [5, 5.41) is 0. The Morgan fingerprint density at radius 3 is 2.67 bits per heavy atom. The number of aliphatic imine (C=N–C) groups is 1. The molecule has 2 aliphatic rings. The Balaban J connectivity index is 1.92. The van der Waals surface area contributed by atoms with Crippen LogP contribution in [-0.4, -0.2) is 35.9 Å². The molecular formula is C18H19N3. The van der Waals surface area contributed by atoms with Crippen molar-refractivity contribution in [2.24, 2.45) is 4.99 Å². The highest BCUT2D eigenvalue weighted by Gasteiger charge is 2.36. The first-order chi connectivity index (χ1) is 10.2. The third-order valence-corrected chi connectivity index (χ3v) is 4.40. The van der Waals surface area contributed by atoms with Crippen molar-refractivity contribution in [3.63, 3.8) is 0 Å². The highest BCUT2D eigenvalue weighted by atomic mass is 15.4. The summed E-state index contributed by atoms with van der Waals surface area (Å²) >= 11 is 0. The lowest BCUT2D eigenvalue weighted by molar-refractivity contribution is 0.387. The summed E-state index contributed by atoms with van der Waals surface area (Å²) in [4.78, 5) is 9.55. The predicted octanol–water partition coefficient (Wildman–Crippen LogP) is 3.33. The van der Waals surface area contributed by atoms with Gasteiger partial charge in [-0.15, -0.1) is 0 Å². The molecule has 2 aliphatic heterocycles. The third-order valence-electron chi connectivity index (χ3n) is 4.40. The van der Waals surface area contributed by atoms with Gasteiger partial charge in [-0.3, -0.25) is 0 Å². The molecular weight excluding hydrogens is 258 g/mol. The maximum atomic E-state index is 4.87. The first-order valence-electron chi connectivity index (χ1n) is 7.46. The predicted molar refractivity (Wildman–Crippen MR) is 85.9 cm³/mol. The number of nitrogens with zero attached hydrogens (tertiary/aromatic N) is 3. The molecule has 0 spiro atoms. The van der Waals surface area contributed by atoms with Gasteiger partial charge in [0.1, 0.15) is 0 Å². The number of guanidine groups is 1. The molecule has 1 unspecified atom stereocenters. The van der Waals surface area contributed by atoms with Crippen LogP contribution in [0.2, 0.25) is 0 Å². The van der Waals surface area contributed by atoms with Crippen LogP contribution in [0.3, 0.4) is 0 Å². The van der Waals surface area contributed by atoms with Gasteiger partial charge in [-0.1, -0.05) is 48.0 Å². The lowest BCUT2D eigenvalue weighted by Crippen LogP contribution is -2.37. The Hall–Kier alpha value is -2.29. The Morgan fingerprint density at radius 1 is 1.05 bits per heavy atom. The van der Waals surface area contributed by atoms with Gasteiger partial charge in [-0.05, 0) is 18.6 Å². The first-order valence-corrected chi connectivity index (χ1v) is 7.46. The second-order valence-corrected chi connectivity index (χ2v) is 5.90. The summed E-state index contributed by atoms with van der Waals surface area (Å²) in [5.41, 5.74) is 5.06. The molecule has 0 radical (unpaired) electrons. The van der Waals surface area contributed by atoms with Gasteiger partial charge in [0.15, 0.2) is 0 Å². The van der Waals surface area contributed by atoms with Crippen LogP contribution in [0.15, 0.2) is 53.5 Å². The van der Waals surface area contributed by atoms with E-state index in [4.69, 9.17) is 4.99 Å². The number of aryl methyl sites for hydroxylation is 1. The summed E-state index contributed by atoms with van der Waals surface area (Å²) in [6.07, 6.45) is 0. The standard InChI is InChI=1S/C18H19N3/c1-13-8-9-16-15(12-13)17(14-6-4-3-5-7-14)21-11-10-20(2)18(21)19-16/h3-9,12,17H,10-11H2,1-2H3. The minimum absolute atomic E-state index is 0.276. The van der Waals surface area contributed by atoms with E-state index in [1.54, 1.807) is 0 Å². The molecule has 2 aromatic rings. The summed E-state index contributed by atoms with van der Waals surface area (Å²) < 4.78 is 0. The number of hydrogen-bond donors (Lipinski definition) is 0. The van der Waals surface area contributed by atoms with Crippen LogP contribution in [0.5, 0.6) is 0 Å². The fourth-order valence-corrected chi connectivity index (χ4v) is 3.34. The minimum atomic E-state index is 0.276. The van der Waals surface area contributed by atoms with Gasteiger partial charge in [-0.2, -0.15) is 0 Å². The Labute approximate surface area is 125 Å². The number of likely N-dealkylation sites (N-methyl/N-ethyl adjacent to an activating group) is 1. The van der Waals surface area contributed by atoms with Crippen molar-refractivity contribution in [3.05, 3.63) is 65.2 Å². The van der Waals surface area contributed by atoms with Crippen LogP contribution in [0.1, 0.15) is 22.7 Å². The minimum Gasteiger partial charge on any atom is -0.344 e. The SMILES string of the molecule is Cc1ccc2c(c1)C(c1ccccc1)N1CCN(C)C1=N2. The first kappa shape index (κ1) is 12.5. The molecule has 0 aliphatic carbocycles. The van der Waals surface area contributed by atoms with Crippen LogP contribution in [0, 0.1) is 6.92 Å². The van der Waals surface area contributed by atoms with E-state index in [1.807, 2.05) is 0 Å². The highest BCUT2D eigenvalue weighted by molar-refractivity contribution is 5.88. The molecule has 3 heteroatoms. The van der Waals surface area contributed by atoms with E-state index in [2.05, 4.69) is 72.3 Å². The fourth-order valence-electron chi connectivity index (χ4n) is 3.34. The molecule has 2 heterocycles. The zero-order valence-corrected chi connectivity index (χ0v) is 12.5. The van der Waals surface area contributed by atoms with Crippen molar-refractivity contribution in [2.45, 2.75) is 13.0 Å². The van der Waals surface area contributed by atoms with Crippen LogP contribution in [0.4, 0.5) is 5.69 Å². The van der Waals surface area contributed by atoms with Crippen molar-refractivity contribution < 1.29 is 0 Å². The average molecular weight is 277 g/mol. The van der Waals surface area contributed by atoms with E-state index in [1.165, 1.54) is 16.7 Å². The van der Waals surface area contributed by atoms with E-state index < -0.39 is 0 Å². The van der Waals surface area contributed by atoms with E-state index in [0.29, 0.717) is 0 Å². The molecule has 1 saturated heterocycles. The largest absolute Gasteiger partial charge is 0.344 e. The molecule has 0 aromatic heterocycles. The zero-order valence-electron chi connectivity index (χ0n) is 12.5. The van der Waals surface area contributed by atoms with Crippen molar-refractivity contribution >= 4 is 11.6 Å². The van der Waals surface area contributed by atoms with Crippen molar-refractivity contribution in [3.8, 4) is 0 Å². The quantitative estimate of drug-likeness (QED) is 0.796. The molecule has 106 valence electrons. The number of fused-ring (bicyclic) bond motifs is 2. The number of hydrogen-bond acceptors (Lipinski definition) is 3. The normalized spacial score (nSPS) is 20.1. The Morgan fingerprint density at radius 2 is 1.86 bits per heavy atom. The van der Waals surface area contributed by atoms with Crippen LogP contribution in [0.25, 0.3) is 0 Å². The molecule has 4 rings (SSSR count). The van der Waals surface area contributed by atoms with Gasteiger partial charge in [0.05, 0.1) is 11.7 Å². The van der Waals surface area contributed by atoms with Gasteiger partial charge in [-0.25, -0.2) is 4.99 Å². The van der Waals surface area contributed by atoms with Crippen LogP contribution in [-0.2, 0) is 0 Å². The maximum Gasteiger partial charge on any atom is 0.202 e. The average Bonchev–Trinajstić information content (AvgIpc) is 2.87. The van der Waals surface area contributed by atoms with E-state index in [-0.39, 0.29) is 6.04 Å². The molecule has 1 fully saturated rings. The van der Waals surface area contributed by atoms with Gasteiger partial charge in [0.25, 0.3) is 0 Å². The molecule has 3 nitrogen and oxygen atoms in total.